The van der Waals surface area contributed by atoms with E-state index in [9.17, 15) is 4.79 Å². The first kappa shape index (κ1) is 23.8. The summed E-state index contributed by atoms with van der Waals surface area (Å²) in [5.74, 6) is 1.44. The van der Waals surface area contributed by atoms with E-state index in [4.69, 9.17) is 10.5 Å². The second-order valence-corrected chi connectivity index (χ2v) is 9.21. The highest BCUT2D eigenvalue weighted by Gasteiger charge is 2.44. The molecule has 1 aliphatic carbocycles. The molecule has 0 saturated heterocycles. The van der Waals surface area contributed by atoms with Crippen LogP contribution in [0, 0.1) is 5.92 Å². The molecule has 0 heterocycles. The topological polar surface area (TPSA) is 52.3 Å². The van der Waals surface area contributed by atoms with E-state index in [-0.39, 0.29) is 17.4 Å². The highest BCUT2D eigenvalue weighted by molar-refractivity contribution is 5.73. The van der Waals surface area contributed by atoms with Gasteiger partial charge in [-0.2, -0.15) is 0 Å². The first-order valence-corrected chi connectivity index (χ1v) is 12.1. The van der Waals surface area contributed by atoms with Crippen molar-refractivity contribution in [2.75, 3.05) is 0 Å². The van der Waals surface area contributed by atoms with Crippen LogP contribution in [-0.2, 0) is 10.2 Å². The lowest BCUT2D eigenvalue weighted by Crippen LogP contribution is -2.29. The van der Waals surface area contributed by atoms with E-state index < -0.39 is 0 Å². The standard InChI is InChI=1S/C26H43NO2/c1-4-6-7-8-9-10-11-14-22(5-2)29-24-16-13-12-15-23(24)26(3,21-17-18-21)20-19-25(27)28/h12-13,15-16,21-22H,4-11,14,17-20H2,1-3H3,(H2,27,28). The minimum Gasteiger partial charge on any atom is -0.490 e. The predicted octanol–water partition coefficient (Wildman–Crippen LogP) is 6.92. The highest BCUT2D eigenvalue weighted by atomic mass is 16.5. The van der Waals surface area contributed by atoms with Gasteiger partial charge in [0.05, 0.1) is 6.10 Å². The van der Waals surface area contributed by atoms with Gasteiger partial charge >= 0.3 is 0 Å². The maximum atomic E-state index is 11.4. The lowest BCUT2D eigenvalue weighted by atomic mass is 9.74. The summed E-state index contributed by atoms with van der Waals surface area (Å²) in [6.45, 7) is 6.79. The highest BCUT2D eigenvalue weighted by Crippen LogP contribution is 2.52. The third kappa shape index (κ3) is 7.68. The summed E-state index contributed by atoms with van der Waals surface area (Å²) in [6, 6.07) is 8.49. The summed E-state index contributed by atoms with van der Waals surface area (Å²) in [4.78, 5) is 11.4. The largest absolute Gasteiger partial charge is 0.490 e. The second-order valence-electron chi connectivity index (χ2n) is 9.21. The average molecular weight is 402 g/mol. The fourth-order valence-electron chi connectivity index (χ4n) is 4.56. The molecule has 1 fully saturated rings. The maximum Gasteiger partial charge on any atom is 0.217 e. The summed E-state index contributed by atoms with van der Waals surface area (Å²) < 4.78 is 6.55. The molecule has 0 spiro atoms. The zero-order valence-corrected chi connectivity index (χ0v) is 19.1. The molecular formula is C26H43NO2. The van der Waals surface area contributed by atoms with E-state index in [0.717, 1.165) is 25.0 Å². The lowest BCUT2D eigenvalue weighted by molar-refractivity contribution is -0.118. The Labute approximate surface area is 178 Å². The predicted molar refractivity (Wildman–Crippen MR) is 122 cm³/mol. The molecule has 1 aromatic carbocycles. The molecule has 0 radical (unpaired) electrons. The zero-order valence-electron chi connectivity index (χ0n) is 19.1. The van der Waals surface area contributed by atoms with Crippen LogP contribution in [0.1, 0.15) is 110 Å². The minimum atomic E-state index is -0.208. The van der Waals surface area contributed by atoms with Crippen molar-refractivity contribution >= 4 is 5.91 Å². The number of carbonyl (C=O) groups excluding carboxylic acids is 1. The van der Waals surface area contributed by atoms with Crippen molar-refractivity contribution in [2.45, 2.75) is 116 Å². The number of hydrogen-bond acceptors (Lipinski definition) is 2. The number of amides is 1. The molecule has 1 saturated carbocycles. The molecule has 1 aromatic rings. The van der Waals surface area contributed by atoms with Gasteiger partial charge in [0.15, 0.2) is 0 Å². The van der Waals surface area contributed by atoms with E-state index in [0.29, 0.717) is 12.3 Å². The SMILES string of the molecule is CCCCCCCCCC(CC)Oc1ccccc1C(C)(CCC(N)=O)C1CC1. The molecule has 3 heteroatoms. The smallest absolute Gasteiger partial charge is 0.217 e. The molecule has 0 aromatic heterocycles. The first-order chi connectivity index (χ1) is 14.0. The van der Waals surface area contributed by atoms with Crippen LogP contribution in [0.2, 0.25) is 0 Å². The molecular weight excluding hydrogens is 358 g/mol. The van der Waals surface area contributed by atoms with Crippen molar-refractivity contribution in [3.63, 3.8) is 0 Å². The number of ether oxygens (including phenoxy) is 1. The van der Waals surface area contributed by atoms with Crippen molar-refractivity contribution in [3.8, 4) is 5.75 Å². The van der Waals surface area contributed by atoms with Crippen LogP contribution in [0.25, 0.3) is 0 Å². The van der Waals surface area contributed by atoms with Gasteiger partial charge in [0.1, 0.15) is 5.75 Å². The monoisotopic (exact) mass is 401 g/mol. The molecule has 164 valence electrons. The Morgan fingerprint density at radius 3 is 2.38 bits per heavy atom. The second kappa shape index (κ2) is 12.2. The molecule has 0 bridgehead atoms. The summed E-state index contributed by atoms with van der Waals surface area (Å²) >= 11 is 0. The zero-order chi connectivity index (χ0) is 21.1. The van der Waals surface area contributed by atoms with Crippen molar-refractivity contribution in [3.05, 3.63) is 29.8 Å². The molecule has 29 heavy (non-hydrogen) atoms. The Bertz CT molecular complexity index is 610. The van der Waals surface area contributed by atoms with Crippen LogP contribution in [0.15, 0.2) is 24.3 Å². The van der Waals surface area contributed by atoms with Crippen LogP contribution in [0.5, 0.6) is 5.75 Å². The fraction of sp³-hybridized carbons (Fsp3) is 0.731. The van der Waals surface area contributed by atoms with Gasteiger partial charge in [-0.3, -0.25) is 4.79 Å². The van der Waals surface area contributed by atoms with Gasteiger partial charge < -0.3 is 10.5 Å². The number of para-hydroxylation sites is 1. The summed E-state index contributed by atoms with van der Waals surface area (Å²) in [7, 11) is 0. The number of benzene rings is 1. The normalized spacial score (nSPS) is 16.9. The fourth-order valence-corrected chi connectivity index (χ4v) is 4.56. The van der Waals surface area contributed by atoms with Gasteiger partial charge in [-0.15, -0.1) is 0 Å². The number of rotatable bonds is 16. The van der Waals surface area contributed by atoms with Gasteiger partial charge in [0.25, 0.3) is 0 Å². The van der Waals surface area contributed by atoms with Crippen molar-refractivity contribution in [2.24, 2.45) is 11.7 Å². The Kier molecular flexibility index (Phi) is 10.0. The molecule has 1 aliphatic rings. The molecule has 1 amide bonds. The van der Waals surface area contributed by atoms with E-state index in [1.807, 2.05) is 0 Å². The molecule has 3 nitrogen and oxygen atoms in total. The van der Waals surface area contributed by atoms with Crippen molar-refractivity contribution in [1.29, 1.82) is 0 Å². The third-order valence-corrected chi connectivity index (χ3v) is 6.75. The Morgan fingerprint density at radius 2 is 1.76 bits per heavy atom. The van der Waals surface area contributed by atoms with Crippen LogP contribution in [0.3, 0.4) is 0 Å². The van der Waals surface area contributed by atoms with Gasteiger partial charge in [0, 0.05) is 12.0 Å². The van der Waals surface area contributed by atoms with Crippen LogP contribution >= 0.6 is 0 Å². The lowest BCUT2D eigenvalue weighted by Gasteiger charge is -2.33. The molecule has 2 unspecified atom stereocenters. The molecule has 2 rings (SSSR count). The van der Waals surface area contributed by atoms with Gasteiger partial charge in [-0.1, -0.05) is 77.5 Å². The Balaban J connectivity index is 1.96. The quantitative estimate of drug-likeness (QED) is 0.306. The first-order valence-electron chi connectivity index (χ1n) is 12.1. The van der Waals surface area contributed by atoms with Crippen molar-refractivity contribution in [1.82, 2.24) is 0 Å². The van der Waals surface area contributed by atoms with E-state index in [1.54, 1.807) is 0 Å². The van der Waals surface area contributed by atoms with Crippen LogP contribution in [-0.4, -0.2) is 12.0 Å². The Hall–Kier alpha value is -1.51. The van der Waals surface area contributed by atoms with E-state index in [1.165, 1.54) is 63.4 Å². The molecule has 0 aliphatic heterocycles. The summed E-state index contributed by atoms with van der Waals surface area (Å²) in [5, 5.41) is 0. The Morgan fingerprint density at radius 1 is 1.10 bits per heavy atom. The number of carbonyl (C=O) groups is 1. The van der Waals surface area contributed by atoms with Crippen LogP contribution < -0.4 is 10.5 Å². The minimum absolute atomic E-state index is 0.0246. The number of nitrogens with two attached hydrogens (primary N) is 1. The summed E-state index contributed by atoms with van der Waals surface area (Å²) in [6.07, 6.45) is 15.5. The van der Waals surface area contributed by atoms with Crippen molar-refractivity contribution < 1.29 is 9.53 Å². The summed E-state index contributed by atoms with van der Waals surface area (Å²) in [5.41, 5.74) is 6.72. The van der Waals surface area contributed by atoms with Gasteiger partial charge in [-0.05, 0) is 55.9 Å². The van der Waals surface area contributed by atoms with Crippen LogP contribution in [0.4, 0.5) is 0 Å². The average Bonchev–Trinajstić information content (AvgIpc) is 3.56. The number of primary amides is 1. The molecule has 2 atom stereocenters. The molecule has 2 N–H and O–H groups in total. The maximum absolute atomic E-state index is 11.4. The van der Waals surface area contributed by atoms with E-state index >= 15 is 0 Å². The third-order valence-electron chi connectivity index (χ3n) is 6.75. The van der Waals surface area contributed by atoms with E-state index in [2.05, 4.69) is 45.0 Å². The number of hydrogen-bond donors (Lipinski definition) is 1. The van der Waals surface area contributed by atoms with Gasteiger partial charge in [-0.25, -0.2) is 0 Å². The number of unbranched alkanes of at least 4 members (excludes halogenated alkanes) is 6. The van der Waals surface area contributed by atoms with Gasteiger partial charge in [0.2, 0.25) is 5.91 Å².